The maximum Gasteiger partial charge on any atom is 0.232 e. The van der Waals surface area contributed by atoms with Crippen molar-refractivity contribution in [3.8, 4) is 22.7 Å². The van der Waals surface area contributed by atoms with E-state index in [1.165, 1.54) is 12.1 Å². The number of amides is 1. The molecule has 1 amide bonds. The van der Waals surface area contributed by atoms with Crippen molar-refractivity contribution in [3.63, 3.8) is 0 Å². The molecule has 8 heteroatoms. The Morgan fingerprint density at radius 1 is 1.06 bits per heavy atom. The van der Waals surface area contributed by atoms with E-state index in [0.29, 0.717) is 30.3 Å². The van der Waals surface area contributed by atoms with Gasteiger partial charge in [0.25, 0.3) is 0 Å². The van der Waals surface area contributed by atoms with Gasteiger partial charge in [-0.05, 0) is 72.1 Å². The first-order valence-corrected chi connectivity index (χ1v) is 12.3. The molecule has 1 aromatic heterocycles. The normalized spacial score (nSPS) is 16.2. The molecule has 2 aliphatic rings. The lowest BCUT2D eigenvalue weighted by molar-refractivity contribution is -0.115. The van der Waals surface area contributed by atoms with Crippen LogP contribution < -0.4 is 5.32 Å². The molecule has 0 bridgehead atoms. The second-order valence-corrected chi connectivity index (χ2v) is 9.64. The molecule has 1 unspecified atom stereocenters. The topological polar surface area (TPSA) is 67.6 Å². The number of fused-ring (bicyclic) bond motifs is 1. The molecule has 2 aliphatic heterocycles. The molecule has 0 fully saturated rings. The van der Waals surface area contributed by atoms with Crippen molar-refractivity contribution in [2.45, 2.75) is 19.1 Å². The van der Waals surface area contributed by atoms with Crippen LogP contribution >= 0.6 is 15.9 Å². The first-order valence-electron chi connectivity index (χ1n) is 11.6. The number of nitrogens with one attached hydrogen (secondary N) is 1. The van der Waals surface area contributed by atoms with Crippen molar-refractivity contribution in [1.82, 2.24) is 9.88 Å². The summed E-state index contributed by atoms with van der Waals surface area (Å²) in [6.07, 6.45) is 4.19. The van der Waals surface area contributed by atoms with Crippen molar-refractivity contribution in [1.29, 1.82) is 0 Å². The number of hydrogen-bond donors (Lipinski definition) is 1. The van der Waals surface area contributed by atoms with E-state index in [4.69, 9.17) is 14.1 Å². The summed E-state index contributed by atoms with van der Waals surface area (Å²) in [5, 5.41) is 2.87. The number of oxazole rings is 1. The van der Waals surface area contributed by atoms with Gasteiger partial charge in [-0.1, -0.05) is 28.1 Å². The smallest absolute Gasteiger partial charge is 0.232 e. The van der Waals surface area contributed by atoms with E-state index in [-0.39, 0.29) is 11.7 Å². The Morgan fingerprint density at radius 3 is 2.64 bits per heavy atom. The molecule has 3 aromatic carbocycles. The number of halogens is 2. The minimum absolute atomic E-state index is 0.0262. The van der Waals surface area contributed by atoms with Crippen molar-refractivity contribution >= 4 is 27.5 Å². The predicted molar refractivity (Wildman–Crippen MR) is 137 cm³/mol. The fourth-order valence-electron chi connectivity index (χ4n) is 4.47. The molecule has 6 rings (SSSR count). The summed E-state index contributed by atoms with van der Waals surface area (Å²) >= 11 is 3.46. The molecule has 0 aliphatic carbocycles. The number of carbonyl (C=O) groups is 1. The van der Waals surface area contributed by atoms with Gasteiger partial charge in [-0.3, -0.25) is 4.79 Å². The third kappa shape index (κ3) is 4.40. The van der Waals surface area contributed by atoms with Crippen molar-refractivity contribution < 1.29 is 18.3 Å². The average molecular weight is 546 g/mol. The fourth-order valence-corrected chi connectivity index (χ4v) is 4.74. The highest BCUT2D eigenvalue weighted by Gasteiger charge is 2.31. The minimum atomic E-state index is -0.514. The van der Waals surface area contributed by atoms with Crippen molar-refractivity contribution in [2.24, 2.45) is 0 Å². The number of anilines is 1. The molecule has 0 spiro atoms. The molecule has 0 radical (unpaired) electrons. The highest BCUT2D eigenvalue weighted by atomic mass is 79.9. The lowest BCUT2D eigenvalue weighted by atomic mass is 10.1. The van der Waals surface area contributed by atoms with Crippen molar-refractivity contribution in [3.05, 3.63) is 106 Å². The standard InChI is InChI=1S/C28H21BrFN3O3/c29-21-6-2-19(3-7-21)27-32-25(18-4-8-22(30)9-5-18)26(36-27)28-33(13-14-35-28)12-11-17-1-10-23-20(15-17)16-24(34)31-23/h1-10,13-15,28H,11-12,16H2,(H,31,34). The maximum absolute atomic E-state index is 13.6. The monoisotopic (exact) mass is 545 g/mol. The Morgan fingerprint density at radius 2 is 1.83 bits per heavy atom. The Hall–Kier alpha value is -3.91. The van der Waals surface area contributed by atoms with Gasteiger partial charge >= 0.3 is 0 Å². The van der Waals surface area contributed by atoms with E-state index < -0.39 is 6.23 Å². The van der Waals surface area contributed by atoms with Gasteiger partial charge in [0.2, 0.25) is 18.0 Å². The molecule has 180 valence electrons. The summed E-state index contributed by atoms with van der Waals surface area (Å²) in [5.41, 5.74) is 5.22. The van der Waals surface area contributed by atoms with Gasteiger partial charge in [0, 0.05) is 34.0 Å². The van der Waals surface area contributed by atoms with Gasteiger partial charge in [0.15, 0.2) is 5.76 Å². The number of aromatic nitrogens is 1. The van der Waals surface area contributed by atoms with E-state index in [1.807, 2.05) is 42.6 Å². The lowest BCUT2D eigenvalue weighted by Crippen LogP contribution is -2.23. The van der Waals surface area contributed by atoms with Crippen LogP contribution in [0.15, 0.2) is 88.1 Å². The van der Waals surface area contributed by atoms with Gasteiger partial charge in [0.05, 0.1) is 6.42 Å². The van der Waals surface area contributed by atoms with Gasteiger partial charge in [0.1, 0.15) is 17.8 Å². The number of ether oxygens (including phenoxy) is 1. The van der Waals surface area contributed by atoms with Crippen LogP contribution in [0.1, 0.15) is 23.1 Å². The number of benzene rings is 3. The Bertz CT molecular complexity index is 1460. The summed E-state index contributed by atoms with van der Waals surface area (Å²) in [4.78, 5) is 18.5. The third-order valence-electron chi connectivity index (χ3n) is 6.30. The highest BCUT2D eigenvalue weighted by Crippen LogP contribution is 2.38. The molecule has 4 aromatic rings. The SMILES string of the molecule is O=C1Cc2cc(CCN3C=COC3c3oc(-c4ccc(Br)cc4)nc3-c3ccc(F)cc3)ccc2N1. The number of rotatable bonds is 6. The second kappa shape index (κ2) is 9.28. The third-order valence-corrected chi connectivity index (χ3v) is 6.83. The molecule has 1 N–H and O–H groups in total. The second-order valence-electron chi connectivity index (χ2n) is 8.72. The van der Waals surface area contributed by atoms with Gasteiger partial charge in [-0.25, -0.2) is 9.37 Å². The Balaban J connectivity index is 1.29. The summed E-state index contributed by atoms with van der Waals surface area (Å²) in [6, 6.07) is 20.0. The van der Waals surface area contributed by atoms with Crippen molar-refractivity contribution in [2.75, 3.05) is 11.9 Å². The number of hydrogen-bond acceptors (Lipinski definition) is 5. The minimum Gasteiger partial charge on any atom is -0.469 e. The zero-order valence-corrected chi connectivity index (χ0v) is 20.7. The zero-order valence-electron chi connectivity index (χ0n) is 19.1. The maximum atomic E-state index is 13.6. The van der Waals surface area contributed by atoms with Crippen LogP contribution in [0.2, 0.25) is 0 Å². The molecule has 3 heterocycles. The van der Waals surface area contributed by atoms with E-state index in [1.54, 1.807) is 18.4 Å². The van der Waals surface area contributed by atoms with E-state index >= 15 is 0 Å². The van der Waals surface area contributed by atoms with Crippen LogP contribution in [0.3, 0.4) is 0 Å². The molecule has 6 nitrogen and oxygen atoms in total. The van der Waals surface area contributed by atoms with Crippen LogP contribution in [0, 0.1) is 5.82 Å². The molecule has 0 saturated carbocycles. The Kier molecular flexibility index (Phi) is 5.81. The summed E-state index contributed by atoms with van der Waals surface area (Å²) < 4.78 is 26.8. The highest BCUT2D eigenvalue weighted by molar-refractivity contribution is 9.10. The van der Waals surface area contributed by atoms with Crippen LogP contribution in [0.5, 0.6) is 0 Å². The van der Waals surface area contributed by atoms with Gasteiger partial charge < -0.3 is 19.4 Å². The molecular formula is C28H21BrFN3O3. The first kappa shape index (κ1) is 22.5. The molecular weight excluding hydrogens is 525 g/mol. The summed E-state index contributed by atoms with van der Waals surface area (Å²) in [7, 11) is 0. The summed E-state index contributed by atoms with van der Waals surface area (Å²) in [5.74, 6) is 0.721. The molecule has 36 heavy (non-hydrogen) atoms. The zero-order chi connectivity index (χ0) is 24.6. The van der Waals surface area contributed by atoms with Crippen LogP contribution in [-0.4, -0.2) is 22.3 Å². The lowest BCUT2D eigenvalue weighted by Gasteiger charge is -2.23. The number of carbonyl (C=O) groups excluding carboxylic acids is 1. The summed E-state index contributed by atoms with van der Waals surface area (Å²) in [6.45, 7) is 0.665. The van der Waals surface area contributed by atoms with Crippen LogP contribution in [0.4, 0.5) is 10.1 Å². The number of nitrogens with zero attached hydrogens (tertiary/aromatic N) is 2. The quantitative estimate of drug-likeness (QED) is 0.301. The molecule has 1 atom stereocenters. The fraction of sp³-hybridized carbons (Fsp3) is 0.143. The molecule has 0 saturated heterocycles. The van der Waals surface area contributed by atoms with E-state index in [9.17, 15) is 9.18 Å². The van der Waals surface area contributed by atoms with Crippen LogP contribution in [-0.2, 0) is 22.4 Å². The van der Waals surface area contributed by atoms with Crippen LogP contribution in [0.25, 0.3) is 22.7 Å². The van der Waals surface area contributed by atoms with E-state index in [2.05, 4.69) is 32.2 Å². The average Bonchev–Trinajstić information content (AvgIpc) is 3.60. The Labute approximate surface area is 215 Å². The van der Waals surface area contributed by atoms with E-state index in [0.717, 1.165) is 38.8 Å². The van der Waals surface area contributed by atoms with Gasteiger partial charge in [-0.15, -0.1) is 0 Å². The predicted octanol–water partition coefficient (Wildman–Crippen LogP) is 6.45. The largest absolute Gasteiger partial charge is 0.469 e. The van der Waals surface area contributed by atoms with Gasteiger partial charge in [-0.2, -0.15) is 0 Å². The first-order chi connectivity index (χ1) is 17.5.